The van der Waals surface area contributed by atoms with Crippen LogP contribution in [0.15, 0.2) is 70.5 Å². The number of rotatable bonds is 4. The zero-order chi connectivity index (χ0) is 42.9. The first kappa shape index (κ1) is 41.2. The molecule has 2 aliphatic heterocycles. The van der Waals surface area contributed by atoms with Crippen LogP contribution in [-0.2, 0) is 0 Å². The van der Waals surface area contributed by atoms with Crippen LogP contribution in [0.5, 0.6) is 0 Å². The fraction of sp³-hybridized carbons (Fsp3) is 0.364. The van der Waals surface area contributed by atoms with E-state index >= 15 is 0 Å². The van der Waals surface area contributed by atoms with Gasteiger partial charge in [-0.1, -0.05) is 0 Å². The number of aryl methyl sites for hydroxylation is 4. The molecule has 17 heteroatoms. The van der Waals surface area contributed by atoms with Gasteiger partial charge in [-0.25, -0.2) is 19.0 Å². The van der Waals surface area contributed by atoms with Crippen LogP contribution < -0.4 is 20.9 Å². The Kier molecular flexibility index (Phi) is 11.6. The molecule has 0 amide bonds. The fourth-order valence-electron chi connectivity index (χ4n) is 7.83. The Morgan fingerprint density at radius 1 is 0.574 bits per heavy atom. The van der Waals surface area contributed by atoms with Crippen molar-refractivity contribution >= 4 is 44.2 Å². The minimum atomic E-state index is -0.149. The van der Waals surface area contributed by atoms with Gasteiger partial charge in [0.15, 0.2) is 11.6 Å². The van der Waals surface area contributed by atoms with Crippen LogP contribution in [0.25, 0.3) is 55.9 Å². The largest absolute Gasteiger partial charge is 0.397 e. The van der Waals surface area contributed by atoms with Gasteiger partial charge in [-0.05, 0) is 97.2 Å². The number of nitrogens with zero attached hydrogens (tertiary/aromatic N) is 12. The number of hydrogen-bond donors (Lipinski definition) is 3. The number of fused-ring (bicyclic) bond motifs is 4. The Morgan fingerprint density at radius 2 is 0.951 bits per heavy atom. The molecular formula is C44H52N14O3. The number of benzene rings is 2. The van der Waals surface area contributed by atoms with Gasteiger partial charge in [0.05, 0.1) is 68.0 Å². The molecule has 316 valence electrons. The van der Waals surface area contributed by atoms with Crippen molar-refractivity contribution in [3.8, 4) is 23.0 Å². The molecule has 3 N–H and O–H groups in total. The second kappa shape index (κ2) is 17.2. The Labute approximate surface area is 352 Å². The lowest BCUT2D eigenvalue weighted by Gasteiger charge is -2.34. The first-order valence-corrected chi connectivity index (χ1v) is 20.6. The third-order valence-electron chi connectivity index (χ3n) is 11.1. The summed E-state index contributed by atoms with van der Waals surface area (Å²) in [5, 5.41) is 17.9. The average Bonchev–Trinajstić information content (AvgIpc) is 3.87. The normalized spacial score (nSPS) is 15.0. The first-order valence-electron chi connectivity index (χ1n) is 20.6. The monoisotopic (exact) mass is 824 g/mol. The topological polar surface area (TPSA) is 185 Å². The molecule has 0 bridgehead atoms. The van der Waals surface area contributed by atoms with E-state index in [0.717, 1.165) is 97.5 Å². The molecule has 8 aromatic rings. The quantitative estimate of drug-likeness (QED) is 0.232. The summed E-state index contributed by atoms with van der Waals surface area (Å²) in [5.74, 6) is 0.936. The highest BCUT2D eigenvalue weighted by atomic mass is 16.2. The SMILES string of the molecule is CCO.Cc1cn2nc(-c3nc4ccc(N5CCN(C)CC5)cc4c(=O)[nH]3)cc2c(C)n1.Cc1cn2nc(-c3nc4ccc(N5CCN(C)CC5)cc4c(=O)[nH]3)cc2c(C)n1. The van der Waals surface area contributed by atoms with E-state index in [1.165, 1.54) is 0 Å². The second-order valence-corrected chi connectivity index (χ2v) is 15.8. The molecule has 0 spiro atoms. The summed E-state index contributed by atoms with van der Waals surface area (Å²) in [5.41, 5.74) is 9.80. The van der Waals surface area contributed by atoms with Crippen LogP contribution in [0.3, 0.4) is 0 Å². The van der Waals surface area contributed by atoms with E-state index < -0.39 is 0 Å². The molecule has 2 aliphatic rings. The van der Waals surface area contributed by atoms with Gasteiger partial charge < -0.3 is 34.7 Å². The molecular weight excluding hydrogens is 773 g/mol. The van der Waals surface area contributed by atoms with E-state index in [1.54, 1.807) is 16.0 Å². The predicted octanol–water partition coefficient (Wildman–Crippen LogP) is 4.00. The van der Waals surface area contributed by atoms with Crippen LogP contribution in [0.4, 0.5) is 11.4 Å². The molecule has 2 fully saturated rings. The van der Waals surface area contributed by atoms with Crippen molar-refractivity contribution in [3.63, 3.8) is 0 Å². The molecule has 0 unspecified atom stereocenters. The number of aliphatic hydroxyl groups excluding tert-OH is 1. The maximum atomic E-state index is 12.8. The van der Waals surface area contributed by atoms with E-state index in [4.69, 9.17) is 5.11 Å². The van der Waals surface area contributed by atoms with Crippen molar-refractivity contribution in [2.24, 2.45) is 0 Å². The predicted molar refractivity (Wildman–Crippen MR) is 240 cm³/mol. The summed E-state index contributed by atoms with van der Waals surface area (Å²) >= 11 is 0. The summed E-state index contributed by atoms with van der Waals surface area (Å²) in [4.78, 5) is 59.0. The van der Waals surface area contributed by atoms with Gasteiger partial charge in [0.2, 0.25) is 0 Å². The Morgan fingerprint density at radius 3 is 1.33 bits per heavy atom. The minimum absolute atomic E-state index is 0.149. The lowest BCUT2D eigenvalue weighted by Crippen LogP contribution is -2.44. The first-order chi connectivity index (χ1) is 29.4. The standard InChI is InChI=1S/2C21H23N7O.C2H6O/c2*1-13-12-28-19(14(2)22-13)11-18(25-28)20-23-17-5-4-15(10-16(17)21(29)24-20)27-8-6-26(3)7-9-27;1-2-3/h2*4-5,10-12H,6-9H2,1-3H3,(H,23,24,29);3H,2H2,1H3. The van der Waals surface area contributed by atoms with E-state index in [9.17, 15) is 9.59 Å². The number of likely N-dealkylation sites (N-methyl/N-ethyl adjacent to an activating group) is 2. The lowest BCUT2D eigenvalue weighted by atomic mass is 10.2. The number of anilines is 2. The molecule has 8 heterocycles. The van der Waals surface area contributed by atoms with Gasteiger partial charge >= 0.3 is 0 Å². The average molecular weight is 825 g/mol. The van der Waals surface area contributed by atoms with E-state index in [1.807, 2.05) is 88.6 Å². The van der Waals surface area contributed by atoms with Crippen LogP contribution in [0, 0.1) is 27.7 Å². The van der Waals surface area contributed by atoms with E-state index in [0.29, 0.717) is 44.8 Å². The number of aliphatic hydroxyl groups is 1. The lowest BCUT2D eigenvalue weighted by molar-refractivity contribution is 0.313. The van der Waals surface area contributed by atoms with Crippen molar-refractivity contribution in [2.75, 3.05) is 82.9 Å². The van der Waals surface area contributed by atoms with Crippen LogP contribution in [0.1, 0.15) is 29.7 Å². The third kappa shape index (κ3) is 8.71. The van der Waals surface area contributed by atoms with Gasteiger partial charge in [-0.15, -0.1) is 0 Å². The minimum Gasteiger partial charge on any atom is -0.397 e. The van der Waals surface area contributed by atoms with Gasteiger partial charge in [0.25, 0.3) is 11.1 Å². The molecule has 2 aromatic carbocycles. The van der Waals surface area contributed by atoms with Crippen LogP contribution in [0.2, 0.25) is 0 Å². The van der Waals surface area contributed by atoms with E-state index in [-0.39, 0.29) is 17.7 Å². The summed E-state index contributed by atoms with van der Waals surface area (Å²) in [7, 11) is 4.26. The van der Waals surface area contributed by atoms with Gasteiger partial charge in [0.1, 0.15) is 11.4 Å². The van der Waals surface area contributed by atoms with E-state index in [2.05, 4.69) is 73.8 Å². The second-order valence-electron chi connectivity index (χ2n) is 15.8. The molecule has 17 nitrogen and oxygen atoms in total. The summed E-state index contributed by atoms with van der Waals surface area (Å²) in [6.45, 7) is 17.6. The molecule has 0 aliphatic carbocycles. The highest BCUT2D eigenvalue weighted by molar-refractivity contribution is 5.84. The number of aromatic amines is 2. The van der Waals surface area contributed by atoms with Gasteiger partial charge in [0, 0.05) is 70.3 Å². The van der Waals surface area contributed by atoms with Gasteiger partial charge in [-0.2, -0.15) is 10.2 Å². The number of piperazine rings is 2. The smallest absolute Gasteiger partial charge is 0.259 e. The molecule has 2 saturated heterocycles. The third-order valence-corrected chi connectivity index (χ3v) is 11.1. The Balaban J connectivity index is 0.000000158. The highest BCUT2D eigenvalue weighted by Crippen LogP contribution is 2.25. The molecule has 10 rings (SSSR count). The Hall–Kier alpha value is -6.56. The number of aromatic nitrogens is 10. The summed E-state index contributed by atoms with van der Waals surface area (Å²) < 4.78 is 3.57. The molecule has 61 heavy (non-hydrogen) atoms. The Bertz CT molecular complexity index is 2790. The van der Waals surface area contributed by atoms with Crippen LogP contribution >= 0.6 is 0 Å². The highest BCUT2D eigenvalue weighted by Gasteiger charge is 2.19. The van der Waals surface area contributed by atoms with Crippen molar-refractivity contribution in [2.45, 2.75) is 34.6 Å². The molecule has 0 radical (unpaired) electrons. The van der Waals surface area contributed by atoms with Gasteiger partial charge in [-0.3, -0.25) is 19.6 Å². The molecule has 6 aromatic heterocycles. The van der Waals surface area contributed by atoms with Crippen molar-refractivity contribution < 1.29 is 5.11 Å². The fourth-order valence-corrected chi connectivity index (χ4v) is 7.83. The maximum absolute atomic E-state index is 12.8. The maximum Gasteiger partial charge on any atom is 0.259 e. The number of nitrogens with one attached hydrogen (secondary N) is 2. The van der Waals surface area contributed by atoms with Crippen molar-refractivity contribution in [3.05, 3.63) is 104 Å². The van der Waals surface area contributed by atoms with Crippen molar-refractivity contribution in [1.82, 2.24) is 58.9 Å². The summed E-state index contributed by atoms with van der Waals surface area (Å²) in [6, 6.07) is 15.6. The zero-order valence-electron chi connectivity index (χ0n) is 35.8. The van der Waals surface area contributed by atoms with Crippen LogP contribution in [-0.4, -0.2) is 137 Å². The molecule has 0 atom stereocenters. The number of hydrogen-bond acceptors (Lipinski definition) is 13. The number of H-pyrrole nitrogens is 2. The molecule has 0 saturated carbocycles. The van der Waals surface area contributed by atoms with Crippen molar-refractivity contribution in [1.29, 1.82) is 0 Å². The summed E-state index contributed by atoms with van der Waals surface area (Å²) in [6.07, 6.45) is 3.74. The zero-order valence-corrected chi connectivity index (χ0v) is 35.8.